The van der Waals surface area contributed by atoms with Gasteiger partial charge in [-0.2, -0.15) is 5.10 Å². The molecular weight excluding hydrogens is 361 g/mol. The number of aromatic nitrogens is 4. The summed E-state index contributed by atoms with van der Waals surface area (Å²) in [7, 11) is 0. The molecule has 0 radical (unpaired) electrons. The van der Waals surface area contributed by atoms with Crippen LogP contribution in [0.2, 0.25) is 0 Å². The molecule has 26 heavy (non-hydrogen) atoms. The summed E-state index contributed by atoms with van der Waals surface area (Å²) in [5.41, 5.74) is 7.56. The van der Waals surface area contributed by atoms with E-state index in [1.54, 1.807) is 18.2 Å². The number of nitrogens with one attached hydrogen (secondary N) is 2. The number of H-pyrrole nitrogens is 1. The monoisotopic (exact) mass is 371 g/mol. The molecule has 11 heteroatoms. The fourth-order valence-corrected chi connectivity index (χ4v) is 3.25. The van der Waals surface area contributed by atoms with Crippen LogP contribution in [0.3, 0.4) is 0 Å². The third-order valence-corrected chi connectivity index (χ3v) is 4.51. The molecule has 2 aromatic heterocycles. The number of rotatable bonds is 3. The summed E-state index contributed by atoms with van der Waals surface area (Å²) in [6, 6.07) is 5.87. The number of carbonyl (C=O) groups is 1. The van der Waals surface area contributed by atoms with Gasteiger partial charge in [-0.1, -0.05) is 0 Å². The van der Waals surface area contributed by atoms with Crippen molar-refractivity contribution < 1.29 is 13.8 Å². The van der Waals surface area contributed by atoms with Gasteiger partial charge >= 0.3 is 0 Å². The number of halogens is 1. The molecule has 1 aliphatic rings. The summed E-state index contributed by atoms with van der Waals surface area (Å²) in [6.45, 7) is 0. The average molecular weight is 371 g/mol. The van der Waals surface area contributed by atoms with E-state index in [0.29, 0.717) is 16.8 Å². The Balaban J connectivity index is 1.69. The van der Waals surface area contributed by atoms with E-state index in [0.717, 1.165) is 16.7 Å². The highest BCUT2D eigenvalue weighted by atomic mass is 32.2. The molecule has 0 aliphatic carbocycles. The Hall–Kier alpha value is -3.47. The second-order valence-electron chi connectivity index (χ2n) is 5.24. The number of hydrogen-bond acceptors (Lipinski definition) is 8. The summed E-state index contributed by atoms with van der Waals surface area (Å²) in [5.74, 6) is -0.937. The predicted molar refractivity (Wildman–Crippen MR) is 93.5 cm³/mol. The number of hydrogen-bond donors (Lipinski definition) is 3. The standard InChI is InChI=1S/C15H10FN7O2S/c16-9-3-1-7(2-4-9)11-8(6-19-20-11)5-10-14(24)23(15(18)26-10)13-12(17)21-25-22-13/h1-6,18H,(H2,17,21)(H,19,20)/b10-5+,18-15?. The predicted octanol–water partition coefficient (Wildman–Crippen LogP) is 2.24. The zero-order valence-corrected chi connectivity index (χ0v) is 13.7. The van der Waals surface area contributed by atoms with Gasteiger partial charge in [0.1, 0.15) is 5.82 Å². The van der Waals surface area contributed by atoms with Crippen LogP contribution in [0.15, 0.2) is 40.0 Å². The fourth-order valence-electron chi connectivity index (χ4n) is 2.42. The van der Waals surface area contributed by atoms with Crippen LogP contribution in [0, 0.1) is 11.2 Å². The number of aromatic amines is 1. The van der Waals surface area contributed by atoms with Crippen LogP contribution in [0.5, 0.6) is 0 Å². The van der Waals surface area contributed by atoms with Gasteiger partial charge in [0, 0.05) is 11.1 Å². The smallest absolute Gasteiger partial charge is 0.272 e. The maximum atomic E-state index is 13.1. The second kappa shape index (κ2) is 6.11. The number of anilines is 2. The van der Waals surface area contributed by atoms with Crippen molar-refractivity contribution in [3.8, 4) is 11.3 Å². The minimum atomic E-state index is -0.478. The lowest BCUT2D eigenvalue weighted by molar-refractivity contribution is -0.113. The lowest BCUT2D eigenvalue weighted by atomic mass is 10.1. The molecule has 4 N–H and O–H groups in total. The summed E-state index contributed by atoms with van der Waals surface area (Å²) in [5, 5.41) is 21.7. The maximum Gasteiger partial charge on any atom is 0.272 e. The van der Waals surface area contributed by atoms with E-state index < -0.39 is 5.91 Å². The molecule has 0 saturated carbocycles. The lowest BCUT2D eigenvalue weighted by Gasteiger charge is -2.09. The van der Waals surface area contributed by atoms with E-state index >= 15 is 0 Å². The van der Waals surface area contributed by atoms with E-state index in [1.807, 2.05) is 0 Å². The lowest BCUT2D eigenvalue weighted by Crippen LogP contribution is -2.29. The SMILES string of the molecule is N=C1S/C(=C/c2cn[nH]c2-c2ccc(F)cc2)C(=O)N1c1nonc1N. The number of benzene rings is 1. The van der Waals surface area contributed by atoms with Crippen molar-refractivity contribution in [3.63, 3.8) is 0 Å². The highest BCUT2D eigenvalue weighted by Crippen LogP contribution is 2.37. The molecule has 1 amide bonds. The first-order chi connectivity index (χ1) is 12.5. The van der Waals surface area contributed by atoms with E-state index in [1.165, 1.54) is 18.3 Å². The van der Waals surface area contributed by atoms with Gasteiger partial charge in [-0.25, -0.2) is 13.9 Å². The quantitative estimate of drug-likeness (QED) is 0.600. The average Bonchev–Trinajstić information content (AvgIpc) is 3.30. The van der Waals surface area contributed by atoms with Crippen LogP contribution >= 0.6 is 11.8 Å². The Kier molecular flexibility index (Phi) is 3.77. The van der Waals surface area contributed by atoms with Crippen molar-refractivity contribution in [2.75, 3.05) is 10.6 Å². The zero-order valence-electron chi connectivity index (χ0n) is 12.9. The Morgan fingerprint density at radius 2 is 2.08 bits per heavy atom. The van der Waals surface area contributed by atoms with Gasteiger partial charge in [0.15, 0.2) is 5.17 Å². The molecule has 1 saturated heterocycles. The van der Waals surface area contributed by atoms with E-state index in [9.17, 15) is 9.18 Å². The topological polar surface area (TPSA) is 138 Å². The van der Waals surface area contributed by atoms with Crippen LogP contribution in [0.4, 0.5) is 16.0 Å². The zero-order chi connectivity index (χ0) is 18.3. The summed E-state index contributed by atoms with van der Waals surface area (Å²) in [4.78, 5) is 13.9. The van der Waals surface area contributed by atoms with Crippen molar-refractivity contribution in [3.05, 3.63) is 46.7 Å². The molecule has 3 heterocycles. The number of amides is 1. The molecule has 9 nitrogen and oxygen atoms in total. The molecule has 1 aliphatic heterocycles. The molecule has 130 valence electrons. The van der Waals surface area contributed by atoms with Gasteiger partial charge in [-0.15, -0.1) is 0 Å². The number of amidine groups is 1. The minimum absolute atomic E-state index is 0.0261. The third-order valence-electron chi connectivity index (χ3n) is 3.62. The number of nitrogen functional groups attached to an aromatic ring is 1. The van der Waals surface area contributed by atoms with Gasteiger partial charge < -0.3 is 5.73 Å². The van der Waals surface area contributed by atoms with Crippen LogP contribution < -0.4 is 10.6 Å². The van der Waals surface area contributed by atoms with Crippen LogP contribution in [0.1, 0.15) is 5.56 Å². The first kappa shape index (κ1) is 16.0. The van der Waals surface area contributed by atoms with Gasteiger partial charge in [0.05, 0.1) is 16.8 Å². The van der Waals surface area contributed by atoms with Crippen molar-refractivity contribution in [1.82, 2.24) is 20.5 Å². The largest absolute Gasteiger partial charge is 0.378 e. The summed E-state index contributed by atoms with van der Waals surface area (Å²) in [6.07, 6.45) is 3.13. The van der Waals surface area contributed by atoms with Gasteiger partial charge in [-0.05, 0) is 52.4 Å². The molecular formula is C15H10FN7O2S. The normalized spacial score (nSPS) is 16.0. The first-order valence-corrected chi connectivity index (χ1v) is 8.06. The highest BCUT2D eigenvalue weighted by Gasteiger charge is 2.37. The van der Waals surface area contributed by atoms with E-state index in [2.05, 4.69) is 25.1 Å². The van der Waals surface area contributed by atoms with Crippen LogP contribution in [0.25, 0.3) is 17.3 Å². The Morgan fingerprint density at radius 3 is 2.77 bits per heavy atom. The Labute approximate surface area is 149 Å². The number of thioether (sulfide) groups is 1. The summed E-state index contributed by atoms with van der Waals surface area (Å²) >= 11 is 0.947. The number of carbonyl (C=O) groups excluding carboxylic acids is 1. The molecule has 1 fully saturated rings. The number of nitrogens with two attached hydrogens (primary N) is 1. The van der Waals surface area contributed by atoms with Crippen molar-refractivity contribution in [1.29, 1.82) is 5.41 Å². The Bertz CT molecular complexity index is 1040. The molecule has 3 aromatic rings. The molecule has 1 aromatic carbocycles. The van der Waals surface area contributed by atoms with Crippen LogP contribution in [-0.4, -0.2) is 31.6 Å². The van der Waals surface area contributed by atoms with Crippen molar-refractivity contribution >= 4 is 40.5 Å². The summed E-state index contributed by atoms with van der Waals surface area (Å²) < 4.78 is 17.6. The maximum absolute atomic E-state index is 13.1. The second-order valence-corrected chi connectivity index (χ2v) is 6.27. The van der Waals surface area contributed by atoms with Gasteiger partial charge in [0.2, 0.25) is 11.6 Å². The Morgan fingerprint density at radius 1 is 1.31 bits per heavy atom. The molecule has 4 rings (SSSR count). The van der Waals surface area contributed by atoms with E-state index in [-0.39, 0.29) is 27.5 Å². The number of nitrogens with zero attached hydrogens (tertiary/aromatic N) is 4. The van der Waals surface area contributed by atoms with E-state index in [4.69, 9.17) is 11.1 Å². The molecule has 0 spiro atoms. The van der Waals surface area contributed by atoms with Crippen molar-refractivity contribution in [2.45, 2.75) is 0 Å². The minimum Gasteiger partial charge on any atom is -0.378 e. The highest BCUT2D eigenvalue weighted by molar-refractivity contribution is 8.19. The molecule has 0 bridgehead atoms. The first-order valence-electron chi connectivity index (χ1n) is 7.24. The molecule has 0 atom stereocenters. The molecule has 0 unspecified atom stereocenters. The fraction of sp³-hybridized carbons (Fsp3) is 0. The van der Waals surface area contributed by atoms with Crippen LogP contribution in [-0.2, 0) is 4.79 Å². The van der Waals surface area contributed by atoms with Gasteiger partial charge in [0.25, 0.3) is 5.91 Å². The third kappa shape index (κ3) is 2.63. The van der Waals surface area contributed by atoms with Crippen molar-refractivity contribution in [2.24, 2.45) is 0 Å². The van der Waals surface area contributed by atoms with Gasteiger partial charge in [-0.3, -0.25) is 15.3 Å².